The van der Waals surface area contributed by atoms with E-state index >= 15 is 0 Å². The fraction of sp³-hybridized carbons (Fsp3) is 0.533. The lowest BCUT2D eigenvalue weighted by atomic mass is 9.95. The number of carbonyl (C=O) groups is 1. The number of ether oxygens (including phenoxy) is 1. The van der Waals surface area contributed by atoms with E-state index in [9.17, 15) is 4.79 Å². The molecule has 9 heteroatoms. The second-order valence-electron chi connectivity index (χ2n) is 12.3. The van der Waals surface area contributed by atoms with Gasteiger partial charge in [-0.05, 0) is 92.1 Å². The highest BCUT2D eigenvalue weighted by Crippen LogP contribution is 2.42. The average molecular weight is 545 g/mol. The first-order valence-electron chi connectivity index (χ1n) is 14.4. The summed E-state index contributed by atoms with van der Waals surface area (Å²) in [5.74, 6) is 3.55. The van der Waals surface area contributed by atoms with Gasteiger partial charge in [-0.3, -0.25) is 4.79 Å². The van der Waals surface area contributed by atoms with Crippen LogP contribution in [0.2, 0.25) is 0 Å². The van der Waals surface area contributed by atoms with E-state index in [2.05, 4.69) is 32.9 Å². The third kappa shape index (κ3) is 3.69. The summed E-state index contributed by atoms with van der Waals surface area (Å²) in [6, 6.07) is 6.41. The Hall–Kier alpha value is -2.88. The Morgan fingerprint density at radius 2 is 2.00 bits per heavy atom. The molecule has 3 aromatic heterocycles. The zero-order valence-electron chi connectivity index (χ0n) is 22.7. The number of amides is 1. The second-order valence-corrected chi connectivity index (χ2v) is 13.2. The van der Waals surface area contributed by atoms with Crippen LogP contribution in [0.5, 0.6) is 5.75 Å². The number of nitrogens with two attached hydrogens (primary N) is 1. The molecule has 0 radical (unpaired) electrons. The maximum atomic E-state index is 13.6. The Labute approximate surface area is 232 Å². The van der Waals surface area contributed by atoms with Gasteiger partial charge in [0.15, 0.2) is 5.82 Å². The predicted octanol–water partition coefficient (Wildman–Crippen LogP) is 4.00. The summed E-state index contributed by atoms with van der Waals surface area (Å²) in [5.41, 5.74) is 12.8. The molecule has 1 amide bonds. The summed E-state index contributed by atoms with van der Waals surface area (Å²) in [7, 11) is 3.74. The number of imidazole rings is 1. The van der Waals surface area contributed by atoms with Crippen LogP contribution in [0, 0.1) is 17.8 Å². The van der Waals surface area contributed by atoms with E-state index in [0.717, 1.165) is 79.8 Å². The molecule has 3 N–H and O–H groups in total. The molecule has 0 spiro atoms. The highest BCUT2D eigenvalue weighted by Gasteiger charge is 2.47. The van der Waals surface area contributed by atoms with Gasteiger partial charge in [-0.1, -0.05) is 0 Å². The minimum atomic E-state index is 0.0396. The second kappa shape index (κ2) is 8.81. The van der Waals surface area contributed by atoms with Crippen molar-refractivity contribution in [3.05, 3.63) is 34.7 Å². The number of hydrogen-bond acceptors (Lipinski definition) is 6. The standard InChI is InChI=1S/C30H36N6O2S/c1-34-28-21(8-19(9-24(28)38-2)30(37)36-14-18-5-6-22(36)26(18)31)33-29(34)23-10-25-27(35(23)13-16-3-4-16)20(15-39-25)7-17-11-32-12-17/h8-10,15-18,22,26,32H,3-7,11-14,31H2,1-2H3/t18-,22-,26-/m1/s1. The van der Waals surface area contributed by atoms with Crippen LogP contribution >= 0.6 is 11.3 Å². The molecule has 2 aliphatic carbocycles. The normalized spacial score (nSPS) is 24.8. The van der Waals surface area contributed by atoms with E-state index in [1.165, 1.54) is 28.6 Å². The quantitative estimate of drug-likeness (QED) is 0.367. The van der Waals surface area contributed by atoms with Crippen LogP contribution in [0.3, 0.4) is 0 Å². The molecule has 4 fully saturated rings. The van der Waals surface area contributed by atoms with E-state index in [1.807, 2.05) is 28.4 Å². The number of nitrogens with zero attached hydrogens (tertiary/aromatic N) is 4. The molecule has 8 nitrogen and oxygen atoms in total. The number of thiophene rings is 1. The van der Waals surface area contributed by atoms with E-state index in [0.29, 0.717) is 17.2 Å². The van der Waals surface area contributed by atoms with Crippen molar-refractivity contribution in [2.24, 2.45) is 30.5 Å². The van der Waals surface area contributed by atoms with Crippen molar-refractivity contribution in [3.63, 3.8) is 0 Å². The van der Waals surface area contributed by atoms with Gasteiger partial charge in [0.1, 0.15) is 11.3 Å². The number of methoxy groups -OCH3 is 1. The summed E-state index contributed by atoms with van der Waals surface area (Å²) >= 11 is 1.85. The molecule has 2 aliphatic heterocycles. The minimum Gasteiger partial charge on any atom is -0.494 e. The van der Waals surface area contributed by atoms with Crippen molar-refractivity contribution < 1.29 is 9.53 Å². The van der Waals surface area contributed by atoms with Gasteiger partial charge < -0.3 is 29.8 Å². The molecule has 4 aliphatic rings. The Morgan fingerprint density at radius 3 is 2.67 bits per heavy atom. The van der Waals surface area contributed by atoms with Gasteiger partial charge in [-0.15, -0.1) is 11.3 Å². The zero-order valence-corrected chi connectivity index (χ0v) is 23.5. The number of carbonyl (C=O) groups excluding carboxylic acids is 1. The molecule has 8 rings (SSSR count). The molecule has 2 saturated heterocycles. The molecule has 4 aromatic rings. The van der Waals surface area contributed by atoms with E-state index in [4.69, 9.17) is 15.5 Å². The van der Waals surface area contributed by atoms with E-state index < -0.39 is 0 Å². The number of rotatable bonds is 7. The van der Waals surface area contributed by atoms with Crippen LogP contribution in [-0.2, 0) is 20.0 Å². The van der Waals surface area contributed by atoms with Gasteiger partial charge in [0.05, 0.1) is 28.5 Å². The number of nitrogens with one attached hydrogen (secondary N) is 1. The first-order valence-corrected chi connectivity index (χ1v) is 15.3. The van der Waals surface area contributed by atoms with Crippen molar-refractivity contribution in [3.8, 4) is 17.3 Å². The fourth-order valence-electron chi connectivity index (χ4n) is 7.28. The molecule has 2 bridgehead atoms. The van der Waals surface area contributed by atoms with Gasteiger partial charge in [0, 0.05) is 37.8 Å². The summed E-state index contributed by atoms with van der Waals surface area (Å²) in [4.78, 5) is 20.8. The van der Waals surface area contributed by atoms with E-state index in [1.54, 1.807) is 7.11 Å². The first kappa shape index (κ1) is 24.0. The molecule has 39 heavy (non-hydrogen) atoms. The maximum Gasteiger partial charge on any atom is 0.254 e. The minimum absolute atomic E-state index is 0.0396. The van der Waals surface area contributed by atoms with E-state index in [-0.39, 0.29) is 18.0 Å². The predicted molar refractivity (Wildman–Crippen MR) is 154 cm³/mol. The smallest absolute Gasteiger partial charge is 0.254 e. The number of aryl methyl sites for hydroxylation is 1. The van der Waals surface area contributed by atoms with Crippen molar-refractivity contribution in [1.29, 1.82) is 0 Å². The number of hydrogen-bond donors (Lipinski definition) is 2. The molecule has 204 valence electrons. The molecular formula is C30H36N6O2S. The number of benzene rings is 1. The van der Waals surface area contributed by atoms with Crippen molar-refractivity contribution in [1.82, 2.24) is 24.3 Å². The highest BCUT2D eigenvalue weighted by molar-refractivity contribution is 7.17. The fourth-order valence-corrected chi connectivity index (χ4v) is 8.29. The average Bonchev–Trinajstić information content (AvgIpc) is 3.16. The third-order valence-electron chi connectivity index (χ3n) is 9.75. The molecule has 2 saturated carbocycles. The van der Waals surface area contributed by atoms with Crippen molar-refractivity contribution in [2.45, 2.75) is 50.7 Å². The summed E-state index contributed by atoms with van der Waals surface area (Å²) in [6.07, 6.45) is 5.85. The molecular weight excluding hydrogens is 508 g/mol. The topological polar surface area (TPSA) is 90.3 Å². The lowest BCUT2D eigenvalue weighted by molar-refractivity contribution is 0.0700. The summed E-state index contributed by atoms with van der Waals surface area (Å²) in [5, 5.41) is 5.79. The van der Waals surface area contributed by atoms with Crippen molar-refractivity contribution >= 4 is 38.5 Å². The van der Waals surface area contributed by atoms with Crippen LogP contribution in [0.4, 0.5) is 0 Å². The van der Waals surface area contributed by atoms with Gasteiger partial charge in [-0.25, -0.2) is 4.98 Å². The molecule has 1 aromatic carbocycles. The Kier molecular flexibility index (Phi) is 5.41. The lowest BCUT2D eigenvalue weighted by Gasteiger charge is -2.27. The van der Waals surface area contributed by atoms with Gasteiger partial charge in [-0.2, -0.15) is 0 Å². The SMILES string of the molecule is COc1cc(C(=O)N2C[C@H]3CC[C@@H]2[C@@H]3N)cc2nc(-c3cc4scc(CC5CNC5)c4n3CC3CC3)n(C)c12. The molecule has 0 unspecified atom stereocenters. The molecule has 3 atom stereocenters. The number of aromatic nitrogens is 3. The largest absolute Gasteiger partial charge is 0.494 e. The monoisotopic (exact) mass is 544 g/mol. The third-order valence-corrected chi connectivity index (χ3v) is 10.7. The Morgan fingerprint density at radius 1 is 1.15 bits per heavy atom. The van der Waals surface area contributed by atoms with Crippen LogP contribution in [0.1, 0.15) is 41.6 Å². The van der Waals surface area contributed by atoms with Crippen LogP contribution < -0.4 is 15.8 Å². The summed E-state index contributed by atoms with van der Waals surface area (Å²) < 4.78 is 11.9. The molecule has 5 heterocycles. The number of likely N-dealkylation sites (tertiary alicyclic amines) is 1. The Balaban J connectivity index is 1.22. The van der Waals surface area contributed by atoms with Crippen LogP contribution in [0.25, 0.3) is 32.8 Å². The number of piperidine rings is 1. The lowest BCUT2D eigenvalue weighted by Crippen LogP contribution is -2.43. The van der Waals surface area contributed by atoms with Gasteiger partial charge in [0.2, 0.25) is 0 Å². The van der Waals surface area contributed by atoms with Gasteiger partial charge in [0.25, 0.3) is 5.91 Å². The number of fused-ring (bicyclic) bond motifs is 4. The van der Waals surface area contributed by atoms with Crippen molar-refractivity contribution in [2.75, 3.05) is 26.7 Å². The first-order chi connectivity index (χ1) is 19.0. The zero-order chi connectivity index (χ0) is 26.4. The maximum absolute atomic E-state index is 13.6. The van der Waals surface area contributed by atoms with Gasteiger partial charge >= 0.3 is 0 Å². The summed E-state index contributed by atoms with van der Waals surface area (Å²) in [6.45, 7) is 4.02. The Bertz CT molecular complexity index is 1610. The van der Waals surface area contributed by atoms with Crippen LogP contribution in [-0.4, -0.2) is 63.8 Å². The van der Waals surface area contributed by atoms with Crippen LogP contribution in [0.15, 0.2) is 23.6 Å². The highest BCUT2D eigenvalue weighted by atomic mass is 32.1.